The van der Waals surface area contributed by atoms with Gasteiger partial charge in [-0.3, -0.25) is 29.6 Å². The van der Waals surface area contributed by atoms with Crippen LogP contribution in [0.4, 0.5) is 0 Å². The molecule has 0 bridgehead atoms. The predicted octanol–water partition coefficient (Wildman–Crippen LogP) is 6.59. The molecule has 3 N–H and O–H groups in total. The maximum Gasteiger partial charge on any atom is 0.303 e. The lowest BCUT2D eigenvalue weighted by molar-refractivity contribution is -0.592. The molecule has 0 spiro atoms. The van der Waals surface area contributed by atoms with E-state index in [9.17, 15) is 38.0 Å². The summed E-state index contributed by atoms with van der Waals surface area (Å²) in [6.07, 6.45) is 16.6. The lowest BCUT2D eigenvalue weighted by Crippen LogP contribution is -2.43. The van der Waals surface area contributed by atoms with Crippen molar-refractivity contribution in [3.05, 3.63) is 56.3 Å². The van der Waals surface area contributed by atoms with Gasteiger partial charge in [-0.15, -0.1) is 4.33 Å². The summed E-state index contributed by atoms with van der Waals surface area (Å²) in [4.78, 5) is 36.4. The van der Waals surface area contributed by atoms with Gasteiger partial charge in [0.2, 0.25) is 12.1 Å². The Hall–Kier alpha value is -2.90. The molecule has 56 heavy (non-hydrogen) atoms. The second-order valence-electron chi connectivity index (χ2n) is 17.6. The van der Waals surface area contributed by atoms with Gasteiger partial charge in [0.15, 0.2) is 11.8 Å². The van der Waals surface area contributed by atoms with Gasteiger partial charge in [-0.2, -0.15) is 8.42 Å². The second-order valence-corrected chi connectivity index (χ2v) is 20.3. The fourth-order valence-corrected chi connectivity index (χ4v) is 12.4. The molecule has 0 aromatic carbocycles. The molecule has 1 saturated heterocycles. The molecular weight excluding hydrogens is 769 g/mol. The zero-order valence-corrected chi connectivity index (χ0v) is 34.4. The zero-order chi connectivity index (χ0) is 41.0. The molecule has 314 valence electrons. The van der Waals surface area contributed by atoms with E-state index in [4.69, 9.17) is 14.7 Å². The molecule has 0 aromatic rings. The summed E-state index contributed by atoms with van der Waals surface area (Å²) in [5.41, 5.74) is 1.42. The minimum atomic E-state index is -4.17. The lowest BCUT2D eigenvalue weighted by Gasteiger charge is -2.37. The molecule has 3 saturated carbocycles. The highest BCUT2D eigenvalue weighted by molar-refractivity contribution is 7.95. The number of unbranched alkanes of at least 4 members (excludes halogenated alkanes) is 2. The summed E-state index contributed by atoms with van der Waals surface area (Å²) in [6.45, 7) is 9.80. The first-order chi connectivity index (χ1) is 26.4. The topological polar surface area (TPSA) is 223 Å². The highest BCUT2D eigenvalue weighted by Crippen LogP contribution is 2.54. The molecule has 4 fully saturated rings. The average Bonchev–Trinajstić information content (AvgIpc) is 3.47. The maximum atomic E-state index is 12.2. The van der Waals surface area contributed by atoms with Crippen LogP contribution in [0.5, 0.6) is 0 Å². The van der Waals surface area contributed by atoms with E-state index in [-0.39, 0.29) is 81.4 Å². The van der Waals surface area contributed by atoms with Crippen LogP contribution in [0.1, 0.15) is 111 Å². The standard InChI is InChI=1S/C38H58N4O12S2/c1-37(2)30-22-28(55-54-53-49)14-16-33(30)40(24-25-19-26(41(45)46)21-27(20-25)42(47)48)35(37)12-8-5-7-11-34-38(3,4)31-23-29(56(50,51)52)15-17-32(31)39(34)18-10-6-9-13-36(43)44/h5,7-8,11-12,25-33H,6,9-10,13-24H2,1-4H3,(H2-,43,44,49,50,51,52)/p+1. The Morgan fingerprint density at radius 1 is 0.929 bits per heavy atom. The SMILES string of the molecule is CC1(C)C(/C=C/C=C/C=C2/N(CCCCCC(=O)O)C3CCC(S(=O)(=O)O)CC3C2(C)C)=[N+](CC2CC([N+](=O)[O-])CC([N+](=O)[O-])C2)C2CCC(SOOO)CC21. The van der Waals surface area contributed by atoms with E-state index in [0.29, 0.717) is 38.8 Å². The summed E-state index contributed by atoms with van der Waals surface area (Å²) in [7, 11) is -4.17. The molecule has 18 heteroatoms. The second kappa shape index (κ2) is 18.4. The van der Waals surface area contributed by atoms with Gasteiger partial charge in [0.25, 0.3) is 10.1 Å². The Morgan fingerprint density at radius 2 is 1.62 bits per heavy atom. The van der Waals surface area contributed by atoms with Crippen molar-refractivity contribution < 1.29 is 51.9 Å². The Bertz CT molecular complexity index is 1670. The molecule has 0 amide bonds. The number of allylic oxidation sites excluding steroid dienone is 6. The first-order valence-corrected chi connectivity index (χ1v) is 22.2. The highest BCUT2D eigenvalue weighted by atomic mass is 32.2. The first kappa shape index (κ1) is 44.2. The first-order valence-electron chi connectivity index (χ1n) is 19.9. The fourth-order valence-electron chi connectivity index (χ4n) is 10.8. The summed E-state index contributed by atoms with van der Waals surface area (Å²) >= 11 is 1.09. The zero-order valence-electron chi connectivity index (χ0n) is 32.8. The van der Waals surface area contributed by atoms with Gasteiger partial charge >= 0.3 is 5.97 Å². The van der Waals surface area contributed by atoms with Gasteiger partial charge in [0.05, 0.1) is 17.1 Å². The molecule has 8 unspecified atom stereocenters. The summed E-state index contributed by atoms with van der Waals surface area (Å²) in [5.74, 6) is -0.858. The monoisotopic (exact) mass is 827 g/mol. The third-order valence-electron chi connectivity index (χ3n) is 13.6. The van der Waals surface area contributed by atoms with Crippen molar-refractivity contribution in [3.63, 3.8) is 0 Å². The Kier molecular flexibility index (Phi) is 14.5. The van der Waals surface area contributed by atoms with E-state index in [1.165, 1.54) is 0 Å². The number of carboxylic acids is 1. The molecule has 0 radical (unpaired) electrons. The van der Waals surface area contributed by atoms with Gasteiger partial charge < -0.3 is 10.0 Å². The Labute approximate surface area is 333 Å². The number of carboxylic acid groups (broad SMARTS) is 1. The van der Waals surface area contributed by atoms with Crippen LogP contribution in [0.2, 0.25) is 0 Å². The number of hydrogen-bond acceptors (Lipinski definition) is 12. The Morgan fingerprint density at radius 3 is 2.25 bits per heavy atom. The van der Waals surface area contributed by atoms with Crippen molar-refractivity contribution in [3.8, 4) is 0 Å². The van der Waals surface area contributed by atoms with E-state index in [1.807, 2.05) is 18.2 Å². The van der Waals surface area contributed by atoms with E-state index in [0.717, 1.165) is 55.6 Å². The molecule has 0 aromatic heterocycles. The van der Waals surface area contributed by atoms with Crippen molar-refractivity contribution >= 4 is 33.8 Å². The predicted molar refractivity (Wildman–Crippen MR) is 210 cm³/mol. The maximum absolute atomic E-state index is 12.2. The normalized spacial score (nSPS) is 33.6. The number of nitro groups is 2. The van der Waals surface area contributed by atoms with Gasteiger partial charge in [0, 0.05) is 94.4 Å². The molecule has 16 nitrogen and oxygen atoms in total. The smallest absolute Gasteiger partial charge is 0.303 e. The number of fused-ring (bicyclic) bond motifs is 2. The largest absolute Gasteiger partial charge is 0.481 e. The number of rotatable bonds is 17. The van der Waals surface area contributed by atoms with E-state index < -0.39 is 33.4 Å². The summed E-state index contributed by atoms with van der Waals surface area (Å²) < 4.78 is 41.4. The Balaban J connectivity index is 1.42. The highest BCUT2D eigenvalue weighted by Gasteiger charge is 2.57. The number of likely N-dealkylation sites (tertiary alicyclic amines) is 1. The molecule has 2 heterocycles. The number of hydrogen-bond donors (Lipinski definition) is 3. The van der Waals surface area contributed by atoms with Crippen LogP contribution in [0.3, 0.4) is 0 Å². The molecule has 2 aliphatic heterocycles. The lowest BCUT2D eigenvalue weighted by atomic mass is 9.69. The van der Waals surface area contributed by atoms with Crippen LogP contribution in [0.25, 0.3) is 0 Å². The van der Waals surface area contributed by atoms with E-state index >= 15 is 0 Å². The van der Waals surface area contributed by atoms with Gasteiger partial charge in [-0.25, -0.2) is 9.83 Å². The van der Waals surface area contributed by atoms with Crippen molar-refractivity contribution in [2.45, 2.75) is 146 Å². The quantitative estimate of drug-likeness (QED) is 0.0206. The van der Waals surface area contributed by atoms with Crippen LogP contribution in [-0.4, -0.2) is 102 Å². The molecular formula is C38H59N4O12S2+. The van der Waals surface area contributed by atoms with Gasteiger partial charge in [-0.1, -0.05) is 43.5 Å². The number of nitrogens with zero attached hydrogens (tertiary/aromatic N) is 4. The van der Waals surface area contributed by atoms with E-state index in [2.05, 4.69) is 54.4 Å². The third kappa shape index (κ3) is 10.0. The van der Waals surface area contributed by atoms with Crippen molar-refractivity contribution in [1.82, 2.24) is 4.90 Å². The van der Waals surface area contributed by atoms with Crippen molar-refractivity contribution in [2.75, 3.05) is 13.1 Å². The fraction of sp³-hybridized carbons (Fsp3) is 0.789. The molecule has 8 atom stereocenters. The van der Waals surface area contributed by atoms with Crippen molar-refractivity contribution in [1.29, 1.82) is 0 Å². The van der Waals surface area contributed by atoms with Crippen LogP contribution < -0.4 is 0 Å². The summed E-state index contributed by atoms with van der Waals surface area (Å²) in [6, 6.07) is -1.70. The molecule has 5 rings (SSSR count). The van der Waals surface area contributed by atoms with Crippen LogP contribution in [-0.2, 0) is 24.3 Å². The minimum absolute atomic E-state index is 0.00469. The van der Waals surface area contributed by atoms with Gasteiger partial charge in [-0.05, 0) is 70.8 Å². The van der Waals surface area contributed by atoms with Crippen LogP contribution >= 0.6 is 12.0 Å². The number of aliphatic carboxylic acids is 1. The summed E-state index contributed by atoms with van der Waals surface area (Å²) in [5, 5.41) is 44.7. The number of carbonyl (C=O) groups is 1. The molecule has 3 aliphatic carbocycles. The third-order valence-corrected chi connectivity index (χ3v) is 15.7. The average molecular weight is 828 g/mol. The van der Waals surface area contributed by atoms with Gasteiger partial charge in [0.1, 0.15) is 6.54 Å². The van der Waals surface area contributed by atoms with Crippen LogP contribution in [0.15, 0.2) is 36.1 Å². The minimum Gasteiger partial charge on any atom is -0.481 e. The van der Waals surface area contributed by atoms with Crippen molar-refractivity contribution in [2.24, 2.45) is 28.6 Å². The molecule has 5 aliphatic rings. The van der Waals surface area contributed by atoms with Crippen LogP contribution in [0, 0.1) is 48.8 Å². The van der Waals surface area contributed by atoms with E-state index in [1.54, 1.807) is 0 Å².